The van der Waals surface area contributed by atoms with Crippen molar-refractivity contribution in [2.24, 2.45) is 0 Å². The first kappa shape index (κ1) is 14.6. The first-order chi connectivity index (χ1) is 10.3. The van der Waals surface area contributed by atoms with Crippen molar-refractivity contribution in [3.63, 3.8) is 0 Å². The number of rotatable bonds is 5. The fourth-order valence-electron chi connectivity index (χ4n) is 2.49. The van der Waals surface area contributed by atoms with E-state index < -0.39 is 0 Å². The highest BCUT2D eigenvalue weighted by Crippen LogP contribution is 2.30. The number of hydrogen-bond donors (Lipinski definition) is 0. The van der Waals surface area contributed by atoms with E-state index >= 15 is 0 Å². The monoisotopic (exact) mass is 322 g/mol. The number of ether oxygens (including phenoxy) is 2. The largest absolute Gasteiger partial charge is 0.493 e. The molecular formula is C17H16Cl2O2. The van der Waals surface area contributed by atoms with Crippen LogP contribution in [0.4, 0.5) is 0 Å². The Morgan fingerprint density at radius 1 is 1.19 bits per heavy atom. The van der Waals surface area contributed by atoms with Crippen molar-refractivity contribution >= 4 is 23.2 Å². The van der Waals surface area contributed by atoms with Gasteiger partial charge in [-0.05, 0) is 23.3 Å². The molecule has 3 rings (SSSR count). The lowest BCUT2D eigenvalue weighted by Crippen LogP contribution is -2.03. The van der Waals surface area contributed by atoms with Gasteiger partial charge in [-0.25, -0.2) is 0 Å². The molecule has 0 radical (unpaired) electrons. The summed E-state index contributed by atoms with van der Waals surface area (Å²) in [6, 6.07) is 12.0. The maximum absolute atomic E-state index is 6.17. The van der Waals surface area contributed by atoms with Crippen LogP contribution >= 0.6 is 23.2 Å². The van der Waals surface area contributed by atoms with Crippen LogP contribution in [0.15, 0.2) is 36.4 Å². The summed E-state index contributed by atoms with van der Waals surface area (Å²) in [7, 11) is 0. The molecular weight excluding hydrogens is 307 g/mol. The second-order valence-corrected chi connectivity index (χ2v) is 5.68. The Morgan fingerprint density at radius 2 is 2.10 bits per heavy atom. The molecule has 0 saturated heterocycles. The van der Waals surface area contributed by atoms with Crippen LogP contribution in [0.2, 0.25) is 5.02 Å². The Bertz CT molecular complexity index is 641. The van der Waals surface area contributed by atoms with Gasteiger partial charge in [-0.15, -0.1) is 11.6 Å². The maximum Gasteiger partial charge on any atom is 0.142 e. The standard InChI is InChI=1S/C17H16Cl2O2/c18-11-14-2-1-3-15(19)17(14)21-8-6-12-4-5-16-13(10-12)7-9-20-16/h1-5,10H,6-9,11H2. The molecule has 0 aromatic heterocycles. The van der Waals surface area contributed by atoms with E-state index in [-0.39, 0.29) is 0 Å². The molecule has 0 fully saturated rings. The Hall–Kier alpha value is -1.38. The van der Waals surface area contributed by atoms with Gasteiger partial charge in [0.1, 0.15) is 11.5 Å². The van der Waals surface area contributed by atoms with Gasteiger partial charge in [-0.3, -0.25) is 0 Å². The van der Waals surface area contributed by atoms with Crippen molar-refractivity contribution < 1.29 is 9.47 Å². The SMILES string of the molecule is ClCc1cccc(Cl)c1OCCc1ccc2c(c1)CCO2. The molecule has 1 aliphatic heterocycles. The summed E-state index contributed by atoms with van der Waals surface area (Å²) >= 11 is 12.1. The first-order valence-corrected chi connectivity index (χ1v) is 7.90. The molecule has 0 bridgehead atoms. The zero-order chi connectivity index (χ0) is 14.7. The van der Waals surface area contributed by atoms with Crippen LogP contribution in [0, 0.1) is 0 Å². The summed E-state index contributed by atoms with van der Waals surface area (Å²) in [5, 5.41) is 0.607. The maximum atomic E-state index is 6.17. The lowest BCUT2D eigenvalue weighted by atomic mass is 10.1. The molecule has 0 atom stereocenters. The molecule has 2 aromatic rings. The summed E-state index contributed by atoms with van der Waals surface area (Å²) in [6.07, 6.45) is 1.82. The molecule has 0 spiro atoms. The summed E-state index contributed by atoms with van der Waals surface area (Å²) in [4.78, 5) is 0. The molecule has 0 amide bonds. The van der Waals surface area contributed by atoms with Gasteiger partial charge in [0.15, 0.2) is 0 Å². The van der Waals surface area contributed by atoms with Gasteiger partial charge in [0.05, 0.1) is 24.1 Å². The lowest BCUT2D eigenvalue weighted by molar-refractivity contribution is 0.319. The third-order valence-electron chi connectivity index (χ3n) is 3.58. The smallest absolute Gasteiger partial charge is 0.142 e. The Balaban J connectivity index is 1.64. The average molecular weight is 323 g/mol. The van der Waals surface area contributed by atoms with Crippen LogP contribution in [0.5, 0.6) is 11.5 Å². The molecule has 0 unspecified atom stereocenters. The van der Waals surface area contributed by atoms with Gasteiger partial charge < -0.3 is 9.47 Å². The number of alkyl halides is 1. The summed E-state index contributed by atoms with van der Waals surface area (Å²) in [6.45, 7) is 1.36. The summed E-state index contributed by atoms with van der Waals surface area (Å²) in [5.74, 6) is 2.10. The van der Waals surface area contributed by atoms with Crippen molar-refractivity contribution in [1.29, 1.82) is 0 Å². The van der Waals surface area contributed by atoms with Gasteiger partial charge in [-0.1, -0.05) is 35.9 Å². The first-order valence-electron chi connectivity index (χ1n) is 6.98. The third kappa shape index (κ3) is 3.28. The van der Waals surface area contributed by atoms with Crippen molar-refractivity contribution in [2.75, 3.05) is 13.2 Å². The van der Waals surface area contributed by atoms with Crippen LogP contribution < -0.4 is 9.47 Å². The van der Waals surface area contributed by atoms with E-state index in [2.05, 4.69) is 12.1 Å². The van der Waals surface area contributed by atoms with Crippen molar-refractivity contribution in [3.8, 4) is 11.5 Å². The van der Waals surface area contributed by atoms with Crippen molar-refractivity contribution in [2.45, 2.75) is 18.7 Å². The van der Waals surface area contributed by atoms with Crippen LogP contribution in [-0.4, -0.2) is 13.2 Å². The topological polar surface area (TPSA) is 18.5 Å². The van der Waals surface area contributed by atoms with Gasteiger partial charge in [0.25, 0.3) is 0 Å². The highest BCUT2D eigenvalue weighted by Gasteiger charge is 2.12. The number of hydrogen-bond acceptors (Lipinski definition) is 2. The normalized spacial score (nSPS) is 12.9. The highest BCUT2D eigenvalue weighted by molar-refractivity contribution is 6.32. The molecule has 0 aliphatic carbocycles. The van der Waals surface area contributed by atoms with Gasteiger partial charge in [0, 0.05) is 18.4 Å². The Kier molecular flexibility index (Phi) is 4.57. The molecule has 0 N–H and O–H groups in total. The fourth-order valence-corrected chi connectivity index (χ4v) is 2.95. The highest BCUT2D eigenvalue weighted by atomic mass is 35.5. The number of benzene rings is 2. The lowest BCUT2D eigenvalue weighted by Gasteiger charge is -2.12. The zero-order valence-electron chi connectivity index (χ0n) is 11.6. The van der Waals surface area contributed by atoms with Crippen molar-refractivity contribution in [1.82, 2.24) is 0 Å². The van der Waals surface area contributed by atoms with E-state index in [0.717, 1.165) is 30.8 Å². The second-order valence-electron chi connectivity index (χ2n) is 5.00. The van der Waals surface area contributed by atoms with Crippen LogP contribution in [-0.2, 0) is 18.7 Å². The number of fused-ring (bicyclic) bond motifs is 1. The fraction of sp³-hybridized carbons (Fsp3) is 0.294. The van der Waals surface area contributed by atoms with Crippen LogP contribution in [0.1, 0.15) is 16.7 Å². The van der Waals surface area contributed by atoms with E-state index in [4.69, 9.17) is 32.7 Å². The molecule has 4 heteroatoms. The molecule has 21 heavy (non-hydrogen) atoms. The molecule has 1 aliphatic rings. The molecule has 110 valence electrons. The zero-order valence-corrected chi connectivity index (χ0v) is 13.1. The van der Waals surface area contributed by atoms with Crippen LogP contribution in [0.25, 0.3) is 0 Å². The molecule has 0 saturated carbocycles. The van der Waals surface area contributed by atoms with E-state index in [1.54, 1.807) is 0 Å². The van der Waals surface area contributed by atoms with Gasteiger partial charge in [0.2, 0.25) is 0 Å². The second kappa shape index (κ2) is 6.59. The molecule has 2 aromatic carbocycles. The minimum atomic E-state index is 0.395. The minimum Gasteiger partial charge on any atom is -0.493 e. The Labute approximate surface area is 134 Å². The molecule has 1 heterocycles. The number of para-hydroxylation sites is 1. The predicted octanol–water partition coefficient (Wildman–Crippen LogP) is 4.64. The van der Waals surface area contributed by atoms with Gasteiger partial charge >= 0.3 is 0 Å². The number of halogens is 2. The average Bonchev–Trinajstić information content (AvgIpc) is 2.96. The van der Waals surface area contributed by atoms with Crippen LogP contribution in [0.3, 0.4) is 0 Å². The van der Waals surface area contributed by atoms with E-state index in [1.165, 1.54) is 11.1 Å². The summed E-state index contributed by atoms with van der Waals surface area (Å²) < 4.78 is 11.3. The van der Waals surface area contributed by atoms with E-state index in [1.807, 2.05) is 24.3 Å². The van der Waals surface area contributed by atoms with E-state index in [0.29, 0.717) is 23.3 Å². The third-order valence-corrected chi connectivity index (χ3v) is 4.17. The Morgan fingerprint density at radius 3 is 2.95 bits per heavy atom. The quantitative estimate of drug-likeness (QED) is 0.747. The van der Waals surface area contributed by atoms with Crippen molar-refractivity contribution in [3.05, 3.63) is 58.1 Å². The van der Waals surface area contributed by atoms with Gasteiger partial charge in [-0.2, -0.15) is 0 Å². The van der Waals surface area contributed by atoms with E-state index in [9.17, 15) is 0 Å². The molecule has 2 nitrogen and oxygen atoms in total. The predicted molar refractivity (Wildman–Crippen MR) is 85.8 cm³/mol. The minimum absolute atomic E-state index is 0.395. The summed E-state index contributed by atoms with van der Waals surface area (Å²) in [5.41, 5.74) is 3.46.